The van der Waals surface area contributed by atoms with Crippen molar-refractivity contribution < 1.29 is 14.1 Å². The van der Waals surface area contributed by atoms with Gasteiger partial charge >= 0.3 is 0 Å². The van der Waals surface area contributed by atoms with Crippen LogP contribution in [0, 0.1) is 17.0 Å². The smallest absolute Gasteiger partial charge is 0.269 e. The molecule has 1 aromatic heterocycles. The van der Waals surface area contributed by atoms with Gasteiger partial charge in [-0.15, -0.1) is 0 Å². The number of nitrogens with zero attached hydrogens (tertiary/aromatic N) is 1. The number of carbonyl (C=O) groups is 1. The van der Waals surface area contributed by atoms with Crippen molar-refractivity contribution in [1.29, 1.82) is 0 Å². The monoisotopic (exact) mass is 360 g/mol. The molecule has 6 heteroatoms. The molecule has 0 unspecified atom stereocenters. The lowest BCUT2D eigenvalue weighted by Crippen LogP contribution is -2.15. The van der Waals surface area contributed by atoms with Gasteiger partial charge in [-0.25, -0.2) is 0 Å². The van der Waals surface area contributed by atoms with E-state index in [1.807, 2.05) is 36.4 Å². The molecule has 0 fully saturated rings. The van der Waals surface area contributed by atoms with Crippen molar-refractivity contribution in [2.45, 2.75) is 13.3 Å². The molecule has 0 radical (unpaired) electrons. The summed E-state index contributed by atoms with van der Waals surface area (Å²) in [5, 5.41) is 16.7. The lowest BCUT2D eigenvalue weighted by molar-refractivity contribution is -0.384. The van der Waals surface area contributed by atoms with Crippen LogP contribution in [0.3, 0.4) is 0 Å². The van der Waals surface area contributed by atoms with Crippen LogP contribution in [0.5, 0.6) is 0 Å². The van der Waals surface area contributed by atoms with Gasteiger partial charge in [0.1, 0.15) is 5.58 Å². The van der Waals surface area contributed by atoms with Crippen molar-refractivity contribution >= 4 is 39.0 Å². The Morgan fingerprint density at radius 2 is 1.96 bits per heavy atom. The summed E-state index contributed by atoms with van der Waals surface area (Å²) >= 11 is 0. The number of nitro benzene ring substituents is 1. The molecule has 4 aromatic rings. The van der Waals surface area contributed by atoms with E-state index in [-0.39, 0.29) is 18.0 Å². The summed E-state index contributed by atoms with van der Waals surface area (Å²) in [5.41, 5.74) is 2.74. The van der Waals surface area contributed by atoms with Crippen LogP contribution < -0.4 is 5.32 Å². The average Bonchev–Trinajstić information content (AvgIpc) is 3.06. The number of benzene rings is 3. The van der Waals surface area contributed by atoms with E-state index in [4.69, 9.17) is 4.42 Å². The molecule has 134 valence electrons. The second-order valence-corrected chi connectivity index (χ2v) is 6.40. The van der Waals surface area contributed by atoms with E-state index in [0.29, 0.717) is 11.3 Å². The van der Waals surface area contributed by atoms with Crippen molar-refractivity contribution in [1.82, 2.24) is 0 Å². The quantitative estimate of drug-likeness (QED) is 0.411. The van der Waals surface area contributed by atoms with Gasteiger partial charge in [0.25, 0.3) is 5.69 Å². The normalized spacial score (nSPS) is 11.0. The Balaban J connectivity index is 1.62. The number of nitrogens with one attached hydrogen (secondary N) is 1. The predicted octanol–water partition coefficient (Wildman–Crippen LogP) is 4.98. The largest absolute Gasteiger partial charge is 0.464 e. The van der Waals surface area contributed by atoms with E-state index in [1.54, 1.807) is 19.3 Å². The van der Waals surface area contributed by atoms with E-state index in [9.17, 15) is 14.9 Å². The number of carbonyl (C=O) groups excluding carboxylic acids is 1. The molecule has 1 amide bonds. The predicted molar refractivity (Wildman–Crippen MR) is 104 cm³/mol. The zero-order chi connectivity index (χ0) is 19.0. The molecule has 3 aromatic carbocycles. The number of non-ortho nitro benzene ring substituents is 1. The molecule has 0 atom stereocenters. The van der Waals surface area contributed by atoms with Crippen LogP contribution in [0.15, 0.2) is 65.3 Å². The molecule has 0 aliphatic rings. The summed E-state index contributed by atoms with van der Waals surface area (Å²) in [6.45, 7) is 1.73. The fraction of sp³-hybridized carbons (Fsp3) is 0.0952. The number of aryl methyl sites for hydroxylation is 1. The zero-order valence-corrected chi connectivity index (χ0v) is 14.6. The Morgan fingerprint density at radius 3 is 2.74 bits per heavy atom. The zero-order valence-electron chi connectivity index (χ0n) is 14.6. The maximum absolute atomic E-state index is 12.5. The highest BCUT2D eigenvalue weighted by atomic mass is 16.6. The maximum Gasteiger partial charge on any atom is 0.269 e. The van der Waals surface area contributed by atoms with E-state index in [1.165, 1.54) is 12.1 Å². The van der Waals surface area contributed by atoms with Gasteiger partial charge in [-0.1, -0.05) is 30.3 Å². The Morgan fingerprint density at radius 1 is 1.15 bits per heavy atom. The van der Waals surface area contributed by atoms with Crippen LogP contribution in [0.1, 0.15) is 11.1 Å². The molecule has 1 N–H and O–H groups in total. The topological polar surface area (TPSA) is 85.4 Å². The second kappa shape index (κ2) is 6.57. The number of rotatable bonds is 4. The molecule has 0 bridgehead atoms. The molecule has 0 saturated heterocycles. The van der Waals surface area contributed by atoms with Gasteiger partial charge in [0.15, 0.2) is 0 Å². The van der Waals surface area contributed by atoms with Crippen molar-refractivity contribution in [2.75, 3.05) is 5.32 Å². The molecule has 27 heavy (non-hydrogen) atoms. The maximum atomic E-state index is 12.5. The van der Waals surface area contributed by atoms with Crippen LogP contribution in [0.2, 0.25) is 0 Å². The molecule has 4 rings (SSSR count). The molecule has 0 aliphatic carbocycles. The number of nitro groups is 1. The van der Waals surface area contributed by atoms with Crippen LogP contribution in [0.25, 0.3) is 21.7 Å². The minimum absolute atomic E-state index is 0.00204. The Bertz CT molecular complexity index is 1190. The number of hydrogen-bond donors (Lipinski definition) is 1. The van der Waals surface area contributed by atoms with E-state index < -0.39 is 4.92 Å². The third-order valence-corrected chi connectivity index (χ3v) is 4.59. The molecular formula is C21H16N2O4. The van der Waals surface area contributed by atoms with Crippen LogP contribution in [-0.2, 0) is 11.2 Å². The van der Waals surface area contributed by atoms with Gasteiger partial charge in [0, 0.05) is 28.8 Å². The summed E-state index contributed by atoms with van der Waals surface area (Å²) < 4.78 is 5.62. The Kier molecular flexibility index (Phi) is 4.08. The lowest BCUT2D eigenvalue weighted by Gasteiger charge is -2.08. The third kappa shape index (κ3) is 3.13. The van der Waals surface area contributed by atoms with E-state index in [2.05, 4.69) is 5.32 Å². The summed E-state index contributed by atoms with van der Waals surface area (Å²) in [4.78, 5) is 22.9. The highest BCUT2D eigenvalue weighted by Gasteiger charge is 2.15. The number of anilines is 1. The van der Waals surface area contributed by atoms with Gasteiger partial charge in [-0.05, 0) is 35.4 Å². The lowest BCUT2D eigenvalue weighted by atomic mass is 10.0. The highest BCUT2D eigenvalue weighted by molar-refractivity contribution is 6.09. The van der Waals surface area contributed by atoms with Crippen LogP contribution in [0.4, 0.5) is 11.4 Å². The molecule has 1 heterocycles. The van der Waals surface area contributed by atoms with Crippen molar-refractivity contribution in [2.24, 2.45) is 0 Å². The van der Waals surface area contributed by atoms with Gasteiger partial charge in [0.05, 0.1) is 17.6 Å². The van der Waals surface area contributed by atoms with Gasteiger partial charge < -0.3 is 9.73 Å². The average molecular weight is 360 g/mol. The minimum atomic E-state index is -0.457. The van der Waals surface area contributed by atoms with Crippen molar-refractivity contribution in [3.8, 4) is 0 Å². The third-order valence-electron chi connectivity index (χ3n) is 4.59. The molecular weight excluding hydrogens is 344 g/mol. The molecule has 0 aliphatic heterocycles. The van der Waals surface area contributed by atoms with E-state index in [0.717, 1.165) is 27.3 Å². The number of furan rings is 1. The summed E-state index contributed by atoms with van der Waals surface area (Å²) in [5.74, 6) is -0.206. The SMILES string of the molecule is Cc1cc([N+](=O)[O-])ccc1NC(=O)Cc1coc2ccc3ccccc3c12. The highest BCUT2D eigenvalue weighted by Crippen LogP contribution is 2.30. The fourth-order valence-corrected chi connectivity index (χ4v) is 3.27. The van der Waals surface area contributed by atoms with Crippen LogP contribution in [-0.4, -0.2) is 10.8 Å². The van der Waals surface area contributed by atoms with Gasteiger partial charge in [0.2, 0.25) is 5.91 Å². The minimum Gasteiger partial charge on any atom is -0.464 e. The number of fused-ring (bicyclic) bond motifs is 3. The first-order valence-electron chi connectivity index (χ1n) is 8.45. The summed E-state index contributed by atoms with van der Waals surface area (Å²) in [7, 11) is 0. The van der Waals surface area contributed by atoms with Crippen molar-refractivity contribution in [3.05, 3.63) is 82.1 Å². The standard InChI is InChI=1S/C21H16N2O4/c1-13-10-16(23(25)26)7-8-18(13)22-20(24)11-15-12-27-19-9-6-14-4-2-3-5-17(14)21(15)19/h2-10,12H,11H2,1H3,(H,22,24). The number of amides is 1. The first-order chi connectivity index (χ1) is 13.0. The molecule has 0 saturated carbocycles. The molecule has 0 spiro atoms. The number of hydrogen-bond acceptors (Lipinski definition) is 4. The first-order valence-corrected chi connectivity index (χ1v) is 8.45. The van der Waals surface area contributed by atoms with E-state index >= 15 is 0 Å². The van der Waals surface area contributed by atoms with Gasteiger partial charge in [-0.3, -0.25) is 14.9 Å². The Labute approximate surface area is 154 Å². The summed E-state index contributed by atoms with van der Waals surface area (Å²) in [6, 6.07) is 16.2. The summed E-state index contributed by atoms with van der Waals surface area (Å²) in [6.07, 6.45) is 1.76. The fourth-order valence-electron chi connectivity index (χ4n) is 3.27. The van der Waals surface area contributed by atoms with Crippen molar-refractivity contribution in [3.63, 3.8) is 0 Å². The first kappa shape index (κ1) is 16.8. The van der Waals surface area contributed by atoms with Gasteiger partial charge in [-0.2, -0.15) is 0 Å². The Hall–Kier alpha value is -3.67. The van der Waals surface area contributed by atoms with Crippen LogP contribution >= 0.6 is 0 Å². The second-order valence-electron chi connectivity index (χ2n) is 6.40. The molecule has 6 nitrogen and oxygen atoms in total.